The Balaban J connectivity index is 2.49. The first kappa shape index (κ1) is 15.9. The van der Waals surface area contributed by atoms with Crippen molar-refractivity contribution in [2.75, 3.05) is 17.1 Å². The first-order valence-corrected chi connectivity index (χ1v) is 8.58. The Kier molecular flexibility index (Phi) is 4.30. The van der Waals surface area contributed by atoms with Crippen LogP contribution in [0.1, 0.15) is 11.1 Å². The normalized spacial score (nSPS) is 11.4. The Bertz CT molecular complexity index is 788. The van der Waals surface area contributed by atoms with E-state index in [2.05, 4.69) is 15.9 Å². The topological polar surface area (TPSA) is 63.4 Å². The van der Waals surface area contributed by atoms with Gasteiger partial charge in [0.05, 0.1) is 10.6 Å². The van der Waals surface area contributed by atoms with E-state index in [1.54, 1.807) is 13.1 Å². The molecule has 0 saturated heterocycles. The third-order valence-corrected chi connectivity index (χ3v) is 5.78. The number of halogens is 1. The van der Waals surface area contributed by atoms with Gasteiger partial charge < -0.3 is 5.73 Å². The van der Waals surface area contributed by atoms with Crippen LogP contribution in [0.3, 0.4) is 0 Å². The molecule has 2 N–H and O–H groups in total. The second-order valence-electron chi connectivity index (χ2n) is 4.95. The van der Waals surface area contributed by atoms with Crippen molar-refractivity contribution < 1.29 is 8.42 Å². The molecule has 0 bridgehead atoms. The van der Waals surface area contributed by atoms with Crippen molar-refractivity contribution in [3.63, 3.8) is 0 Å². The van der Waals surface area contributed by atoms with Gasteiger partial charge in [0.1, 0.15) is 0 Å². The molecule has 2 rings (SSSR count). The van der Waals surface area contributed by atoms with E-state index in [1.165, 1.54) is 16.4 Å². The average molecular weight is 369 g/mol. The monoisotopic (exact) mass is 368 g/mol. The molecule has 4 nitrogen and oxygen atoms in total. The molecule has 0 saturated carbocycles. The molecule has 0 aromatic heterocycles. The fourth-order valence-electron chi connectivity index (χ4n) is 2.11. The maximum Gasteiger partial charge on any atom is 0.264 e. The minimum Gasteiger partial charge on any atom is -0.398 e. The van der Waals surface area contributed by atoms with Gasteiger partial charge in [-0.1, -0.05) is 17.7 Å². The van der Waals surface area contributed by atoms with Crippen molar-refractivity contribution >= 4 is 37.3 Å². The second kappa shape index (κ2) is 5.69. The zero-order chi connectivity index (χ0) is 15.8. The van der Waals surface area contributed by atoms with Crippen molar-refractivity contribution in [1.82, 2.24) is 0 Å². The summed E-state index contributed by atoms with van der Waals surface area (Å²) in [6, 6.07) is 10.3. The van der Waals surface area contributed by atoms with Crippen molar-refractivity contribution in [2.45, 2.75) is 18.7 Å². The van der Waals surface area contributed by atoms with Crippen LogP contribution in [-0.4, -0.2) is 15.5 Å². The van der Waals surface area contributed by atoms with Crippen LogP contribution in [0, 0.1) is 13.8 Å². The van der Waals surface area contributed by atoms with E-state index in [0.717, 1.165) is 11.1 Å². The zero-order valence-electron chi connectivity index (χ0n) is 12.1. The predicted molar refractivity (Wildman–Crippen MR) is 90.1 cm³/mol. The number of sulfonamides is 1. The summed E-state index contributed by atoms with van der Waals surface area (Å²) >= 11 is 3.26. The summed E-state index contributed by atoms with van der Waals surface area (Å²) in [7, 11) is -2.07. The number of anilines is 2. The molecule has 0 aliphatic carbocycles. The van der Waals surface area contributed by atoms with Gasteiger partial charge >= 0.3 is 0 Å². The van der Waals surface area contributed by atoms with Crippen LogP contribution in [-0.2, 0) is 10.0 Å². The minimum atomic E-state index is -3.62. The fourth-order valence-corrected chi connectivity index (χ4v) is 3.93. The van der Waals surface area contributed by atoms with Gasteiger partial charge in [0.25, 0.3) is 10.0 Å². The van der Waals surface area contributed by atoms with Crippen LogP contribution >= 0.6 is 15.9 Å². The SMILES string of the molecule is Cc1ccc(N(C)S(=O)(=O)c2ccc(N)c(Br)c2)c(C)c1. The molecule has 21 heavy (non-hydrogen) atoms. The van der Waals surface area contributed by atoms with Gasteiger partial charge in [-0.3, -0.25) is 4.31 Å². The quantitative estimate of drug-likeness (QED) is 0.843. The van der Waals surface area contributed by atoms with Crippen LogP contribution in [0.25, 0.3) is 0 Å². The third-order valence-electron chi connectivity index (χ3n) is 3.32. The Morgan fingerprint density at radius 2 is 1.76 bits per heavy atom. The molecule has 0 spiro atoms. The highest BCUT2D eigenvalue weighted by Gasteiger charge is 2.23. The smallest absolute Gasteiger partial charge is 0.264 e. The molecule has 0 radical (unpaired) electrons. The zero-order valence-corrected chi connectivity index (χ0v) is 14.5. The van der Waals surface area contributed by atoms with Gasteiger partial charge in [-0.15, -0.1) is 0 Å². The standard InChI is InChI=1S/C15H17BrN2O2S/c1-10-4-7-15(11(2)8-10)18(3)21(19,20)12-5-6-14(17)13(16)9-12/h4-9H,17H2,1-3H3. The number of nitrogen functional groups attached to an aromatic ring is 1. The molecule has 0 heterocycles. The summed E-state index contributed by atoms with van der Waals surface area (Å²) in [6.07, 6.45) is 0. The van der Waals surface area contributed by atoms with Crippen molar-refractivity contribution in [2.24, 2.45) is 0 Å². The summed E-state index contributed by atoms with van der Waals surface area (Å²) < 4.78 is 27.3. The number of rotatable bonds is 3. The van der Waals surface area contributed by atoms with Gasteiger partial charge in [-0.2, -0.15) is 0 Å². The number of nitrogens with two attached hydrogens (primary N) is 1. The summed E-state index contributed by atoms with van der Waals surface area (Å²) in [5.41, 5.74) is 8.88. The highest BCUT2D eigenvalue weighted by Crippen LogP contribution is 2.29. The number of aryl methyl sites for hydroxylation is 2. The maximum atomic E-state index is 12.7. The second-order valence-corrected chi connectivity index (χ2v) is 7.77. The van der Waals surface area contributed by atoms with Crippen LogP contribution in [0.4, 0.5) is 11.4 Å². The van der Waals surface area contributed by atoms with Gasteiger partial charge in [0.15, 0.2) is 0 Å². The van der Waals surface area contributed by atoms with Crippen molar-refractivity contribution in [1.29, 1.82) is 0 Å². The Hall–Kier alpha value is -1.53. The largest absolute Gasteiger partial charge is 0.398 e. The van der Waals surface area contributed by atoms with Crippen LogP contribution in [0.5, 0.6) is 0 Å². The Morgan fingerprint density at radius 3 is 2.33 bits per heavy atom. The lowest BCUT2D eigenvalue weighted by molar-refractivity contribution is 0.594. The number of hydrogen-bond donors (Lipinski definition) is 1. The predicted octanol–water partition coefficient (Wildman–Crippen LogP) is 3.47. The Labute approximate surface area is 133 Å². The molecule has 112 valence electrons. The molecule has 2 aromatic carbocycles. The van der Waals surface area contributed by atoms with E-state index in [4.69, 9.17) is 5.73 Å². The highest BCUT2D eigenvalue weighted by atomic mass is 79.9. The minimum absolute atomic E-state index is 0.200. The molecule has 2 aromatic rings. The molecular weight excluding hydrogens is 352 g/mol. The molecule has 6 heteroatoms. The number of benzene rings is 2. The Morgan fingerprint density at radius 1 is 1.10 bits per heavy atom. The lowest BCUT2D eigenvalue weighted by Crippen LogP contribution is -2.27. The van der Waals surface area contributed by atoms with Crippen molar-refractivity contribution in [3.05, 3.63) is 52.0 Å². The van der Waals surface area contributed by atoms with Gasteiger partial charge in [0.2, 0.25) is 0 Å². The first-order valence-electron chi connectivity index (χ1n) is 6.34. The molecule has 0 atom stereocenters. The molecule has 0 unspecified atom stereocenters. The van der Waals surface area contributed by atoms with E-state index in [0.29, 0.717) is 15.8 Å². The third kappa shape index (κ3) is 3.06. The number of nitrogens with zero attached hydrogens (tertiary/aromatic N) is 1. The van der Waals surface area contributed by atoms with Gasteiger partial charge in [0, 0.05) is 17.2 Å². The van der Waals surface area contributed by atoms with Gasteiger partial charge in [-0.05, 0) is 59.6 Å². The number of hydrogen-bond acceptors (Lipinski definition) is 3. The summed E-state index contributed by atoms with van der Waals surface area (Å²) in [6.45, 7) is 3.87. The maximum absolute atomic E-state index is 12.7. The fraction of sp³-hybridized carbons (Fsp3) is 0.200. The van der Waals surface area contributed by atoms with E-state index in [1.807, 2.05) is 32.0 Å². The molecule has 0 amide bonds. The highest BCUT2D eigenvalue weighted by molar-refractivity contribution is 9.10. The van der Waals surface area contributed by atoms with Gasteiger partial charge in [-0.25, -0.2) is 8.42 Å². The summed E-state index contributed by atoms with van der Waals surface area (Å²) in [4.78, 5) is 0.200. The van der Waals surface area contributed by atoms with Crippen LogP contribution in [0.15, 0.2) is 45.8 Å². The first-order chi connectivity index (χ1) is 9.73. The summed E-state index contributed by atoms with van der Waals surface area (Å²) in [5, 5.41) is 0. The van der Waals surface area contributed by atoms with E-state index in [-0.39, 0.29) is 4.90 Å². The molecule has 0 aliphatic rings. The molecule has 0 fully saturated rings. The van der Waals surface area contributed by atoms with E-state index >= 15 is 0 Å². The van der Waals surface area contributed by atoms with Crippen LogP contribution in [0.2, 0.25) is 0 Å². The molecule has 0 aliphatic heterocycles. The van der Waals surface area contributed by atoms with Crippen molar-refractivity contribution in [3.8, 4) is 0 Å². The lowest BCUT2D eigenvalue weighted by Gasteiger charge is -2.22. The van der Waals surface area contributed by atoms with E-state index in [9.17, 15) is 8.42 Å². The lowest BCUT2D eigenvalue weighted by atomic mass is 10.1. The average Bonchev–Trinajstić information content (AvgIpc) is 2.41. The summed E-state index contributed by atoms with van der Waals surface area (Å²) in [5.74, 6) is 0. The van der Waals surface area contributed by atoms with Crippen LogP contribution < -0.4 is 10.0 Å². The van der Waals surface area contributed by atoms with E-state index < -0.39 is 10.0 Å². The molecular formula is C15H17BrN2O2S.